The summed E-state index contributed by atoms with van der Waals surface area (Å²) in [5, 5.41) is 7.91. The summed E-state index contributed by atoms with van der Waals surface area (Å²) in [7, 11) is 1.79. The molecule has 0 bridgehead atoms. The summed E-state index contributed by atoms with van der Waals surface area (Å²) < 4.78 is 11.2. The zero-order chi connectivity index (χ0) is 17.3. The van der Waals surface area contributed by atoms with E-state index in [1.165, 1.54) is 16.5 Å². The Hall–Kier alpha value is -1.32. The Bertz CT molecular complexity index is 683. The molecule has 0 spiro atoms. The summed E-state index contributed by atoms with van der Waals surface area (Å²) in [5.74, 6) is 0.806. The smallest absolute Gasteiger partial charge is 0.191 e. The van der Waals surface area contributed by atoms with Gasteiger partial charge in [0.1, 0.15) is 0 Å². The number of ether oxygens (including phenoxy) is 2. The number of fused-ring (bicyclic) bond motifs is 1. The van der Waals surface area contributed by atoms with E-state index in [1.807, 2.05) is 6.07 Å². The highest BCUT2D eigenvalue weighted by molar-refractivity contribution is 14.0. The van der Waals surface area contributed by atoms with Crippen LogP contribution in [-0.4, -0.2) is 57.0 Å². The second-order valence-corrected chi connectivity index (χ2v) is 6.25. The summed E-state index contributed by atoms with van der Waals surface area (Å²) in [4.78, 5) is 7.56. The van der Waals surface area contributed by atoms with Gasteiger partial charge in [-0.15, -0.1) is 24.0 Å². The number of nitrogens with zero attached hydrogens (tertiary/aromatic N) is 1. The fourth-order valence-corrected chi connectivity index (χ4v) is 3.11. The van der Waals surface area contributed by atoms with Crippen molar-refractivity contribution in [1.82, 2.24) is 15.6 Å². The molecule has 0 amide bonds. The standard InChI is InChI=1S/C19H28N4O2.HI/c1-20-19(22-10-12-24-14-16-5-4-11-25-16)21-9-8-15-13-23-18-7-3-2-6-17(15)18;/h2-3,6-7,13,16,23H,4-5,8-12,14H2,1H3,(H2,20,21,22);1H. The molecule has 3 rings (SSSR count). The van der Waals surface area contributed by atoms with Crippen LogP contribution in [0.25, 0.3) is 10.9 Å². The van der Waals surface area contributed by atoms with Crippen LogP contribution in [0.15, 0.2) is 35.5 Å². The summed E-state index contributed by atoms with van der Waals surface area (Å²) in [6, 6.07) is 8.38. The number of aromatic amines is 1. The van der Waals surface area contributed by atoms with Crippen molar-refractivity contribution >= 4 is 40.8 Å². The van der Waals surface area contributed by atoms with Gasteiger partial charge in [0.25, 0.3) is 0 Å². The summed E-state index contributed by atoms with van der Waals surface area (Å²) in [5.41, 5.74) is 2.50. The number of rotatable bonds is 8. The third-order valence-electron chi connectivity index (χ3n) is 4.45. The van der Waals surface area contributed by atoms with E-state index >= 15 is 0 Å². The Labute approximate surface area is 172 Å². The molecule has 0 aliphatic carbocycles. The molecule has 1 aromatic carbocycles. The third kappa shape index (κ3) is 6.14. The zero-order valence-electron chi connectivity index (χ0n) is 15.3. The lowest BCUT2D eigenvalue weighted by molar-refractivity contribution is 0.0191. The van der Waals surface area contributed by atoms with Crippen LogP contribution in [0.4, 0.5) is 0 Å². The molecule has 2 aromatic rings. The highest BCUT2D eigenvalue weighted by Crippen LogP contribution is 2.17. The van der Waals surface area contributed by atoms with Gasteiger partial charge in [0.15, 0.2) is 5.96 Å². The van der Waals surface area contributed by atoms with Gasteiger partial charge in [-0.05, 0) is 30.9 Å². The molecule has 1 fully saturated rings. The van der Waals surface area contributed by atoms with Crippen molar-refractivity contribution in [3.05, 3.63) is 36.0 Å². The lowest BCUT2D eigenvalue weighted by Crippen LogP contribution is -2.40. The van der Waals surface area contributed by atoms with Crippen LogP contribution in [-0.2, 0) is 15.9 Å². The van der Waals surface area contributed by atoms with E-state index < -0.39 is 0 Å². The second-order valence-electron chi connectivity index (χ2n) is 6.25. The van der Waals surface area contributed by atoms with Crippen molar-refractivity contribution in [2.45, 2.75) is 25.4 Å². The van der Waals surface area contributed by atoms with Crippen LogP contribution in [0.1, 0.15) is 18.4 Å². The first-order valence-electron chi connectivity index (χ1n) is 9.05. The van der Waals surface area contributed by atoms with Crippen molar-refractivity contribution in [3.63, 3.8) is 0 Å². The Morgan fingerprint density at radius 3 is 2.96 bits per heavy atom. The first-order valence-corrected chi connectivity index (χ1v) is 9.05. The molecule has 1 saturated heterocycles. The van der Waals surface area contributed by atoms with Crippen molar-refractivity contribution in [2.24, 2.45) is 4.99 Å². The molecule has 1 atom stereocenters. The first-order chi connectivity index (χ1) is 12.4. The first kappa shape index (κ1) is 21.0. The Morgan fingerprint density at radius 2 is 2.15 bits per heavy atom. The van der Waals surface area contributed by atoms with Gasteiger partial charge < -0.3 is 25.1 Å². The second kappa shape index (κ2) is 11.4. The maximum absolute atomic E-state index is 5.65. The van der Waals surface area contributed by atoms with E-state index in [9.17, 15) is 0 Å². The summed E-state index contributed by atoms with van der Waals surface area (Å²) in [6.45, 7) is 3.79. The fourth-order valence-electron chi connectivity index (χ4n) is 3.11. The molecule has 0 radical (unpaired) electrons. The number of H-pyrrole nitrogens is 1. The predicted molar refractivity (Wildman–Crippen MR) is 117 cm³/mol. The van der Waals surface area contributed by atoms with E-state index in [0.29, 0.717) is 13.2 Å². The Balaban J connectivity index is 0.00000243. The number of halogens is 1. The average molecular weight is 472 g/mol. The minimum Gasteiger partial charge on any atom is -0.377 e. The van der Waals surface area contributed by atoms with E-state index in [2.05, 4.69) is 45.0 Å². The molecular formula is C19H29IN4O2. The van der Waals surface area contributed by atoms with E-state index in [4.69, 9.17) is 9.47 Å². The number of guanidine groups is 1. The molecular weight excluding hydrogens is 443 g/mol. The topological polar surface area (TPSA) is 70.7 Å². The normalized spacial score (nSPS) is 17.3. The van der Waals surface area contributed by atoms with Crippen LogP contribution in [0.5, 0.6) is 0 Å². The molecule has 7 heteroatoms. The Kier molecular flexibility index (Phi) is 9.21. The minimum absolute atomic E-state index is 0. The molecule has 6 nitrogen and oxygen atoms in total. The predicted octanol–water partition coefficient (Wildman–Crippen LogP) is 2.69. The molecule has 1 aromatic heterocycles. The van der Waals surface area contributed by atoms with Gasteiger partial charge in [-0.2, -0.15) is 0 Å². The number of aliphatic imine (C=N–C) groups is 1. The van der Waals surface area contributed by atoms with Gasteiger partial charge in [0.05, 0.1) is 19.3 Å². The van der Waals surface area contributed by atoms with Crippen molar-refractivity contribution in [1.29, 1.82) is 0 Å². The highest BCUT2D eigenvalue weighted by Gasteiger charge is 2.14. The molecule has 1 aliphatic heterocycles. The summed E-state index contributed by atoms with van der Waals surface area (Å²) in [6.07, 6.45) is 5.58. The number of aromatic nitrogens is 1. The maximum Gasteiger partial charge on any atom is 0.191 e. The highest BCUT2D eigenvalue weighted by atomic mass is 127. The van der Waals surface area contributed by atoms with Gasteiger partial charge in [-0.1, -0.05) is 18.2 Å². The van der Waals surface area contributed by atoms with Gasteiger partial charge >= 0.3 is 0 Å². The van der Waals surface area contributed by atoms with Gasteiger partial charge in [-0.3, -0.25) is 4.99 Å². The Morgan fingerprint density at radius 1 is 1.31 bits per heavy atom. The molecule has 144 valence electrons. The number of hydrogen-bond donors (Lipinski definition) is 3. The van der Waals surface area contributed by atoms with Gasteiger partial charge in [-0.25, -0.2) is 0 Å². The zero-order valence-corrected chi connectivity index (χ0v) is 17.6. The van der Waals surface area contributed by atoms with E-state index in [-0.39, 0.29) is 30.1 Å². The number of benzene rings is 1. The quantitative estimate of drug-likeness (QED) is 0.239. The minimum atomic E-state index is 0. The largest absolute Gasteiger partial charge is 0.377 e. The lowest BCUT2D eigenvalue weighted by Gasteiger charge is -2.13. The lowest BCUT2D eigenvalue weighted by atomic mass is 10.1. The molecule has 0 saturated carbocycles. The fraction of sp³-hybridized carbons (Fsp3) is 0.526. The maximum atomic E-state index is 5.65. The van der Waals surface area contributed by atoms with E-state index in [1.54, 1.807) is 7.05 Å². The number of nitrogens with one attached hydrogen (secondary N) is 3. The van der Waals surface area contributed by atoms with Crippen LogP contribution >= 0.6 is 24.0 Å². The van der Waals surface area contributed by atoms with Gasteiger partial charge in [0.2, 0.25) is 0 Å². The molecule has 2 heterocycles. The molecule has 1 unspecified atom stereocenters. The van der Waals surface area contributed by atoms with Crippen LogP contribution < -0.4 is 10.6 Å². The summed E-state index contributed by atoms with van der Waals surface area (Å²) >= 11 is 0. The van der Waals surface area contributed by atoms with Crippen LogP contribution in [0.3, 0.4) is 0 Å². The average Bonchev–Trinajstić information content (AvgIpc) is 3.30. The molecule has 3 N–H and O–H groups in total. The molecule has 1 aliphatic rings. The van der Waals surface area contributed by atoms with Crippen LogP contribution in [0.2, 0.25) is 0 Å². The SMILES string of the molecule is CN=C(NCCOCC1CCCO1)NCCc1c[nH]c2ccccc12.I. The number of hydrogen-bond acceptors (Lipinski definition) is 3. The third-order valence-corrected chi connectivity index (χ3v) is 4.45. The number of para-hydroxylation sites is 1. The van der Waals surface area contributed by atoms with Crippen molar-refractivity contribution in [2.75, 3.05) is 40.0 Å². The van der Waals surface area contributed by atoms with Crippen molar-refractivity contribution in [3.8, 4) is 0 Å². The van der Waals surface area contributed by atoms with Crippen molar-refractivity contribution < 1.29 is 9.47 Å². The van der Waals surface area contributed by atoms with Crippen LogP contribution in [0, 0.1) is 0 Å². The van der Waals surface area contributed by atoms with Gasteiger partial charge in [0, 0.05) is 43.8 Å². The molecule has 26 heavy (non-hydrogen) atoms. The van der Waals surface area contributed by atoms with E-state index in [0.717, 1.165) is 44.9 Å². The monoisotopic (exact) mass is 472 g/mol.